The summed E-state index contributed by atoms with van der Waals surface area (Å²) < 4.78 is 4.73. The number of rotatable bonds is 3. The number of hydrogen-bond acceptors (Lipinski definition) is 4. The molecule has 2 heterocycles. The SMILES string of the molecule is C[C@H]1CCCN(C(=O)Cc2ccon2)[C@@H]1CN. The van der Waals surface area contributed by atoms with Gasteiger partial charge in [0.15, 0.2) is 0 Å². The van der Waals surface area contributed by atoms with Crippen molar-refractivity contribution in [2.24, 2.45) is 11.7 Å². The summed E-state index contributed by atoms with van der Waals surface area (Å²) in [5.41, 5.74) is 6.45. The number of likely N-dealkylation sites (tertiary alicyclic amines) is 1. The minimum Gasteiger partial charge on any atom is -0.364 e. The van der Waals surface area contributed by atoms with Gasteiger partial charge < -0.3 is 15.2 Å². The van der Waals surface area contributed by atoms with E-state index in [0.717, 1.165) is 19.4 Å². The maximum absolute atomic E-state index is 12.2. The number of nitrogens with two attached hydrogens (primary N) is 1. The Morgan fingerprint density at radius 3 is 3.18 bits per heavy atom. The van der Waals surface area contributed by atoms with Gasteiger partial charge in [0, 0.05) is 25.2 Å². The van der Waals surface area contributed by atoms with Crippen LogP contribution in [-0.4, -0.2) is 35.1 Å². The first kappa shape index (κ1) is 12.1. The monoisotopic (exact) mass is 237 g/mol. The van der Waals surface area contributed by atoms with Crippen LogP contribution < -0.4 is 5.73 Å². The number of piperidine rings is 1. The highest BCUT2D eigenvalue weighted by molar-refractivity contribution is 5.78. The average Bonchev–Trinajstić information content (AvgIpc) is 2.81. The molecule has 1 aromatic heterocycles. The van der Waals surface area contributed by atoms with Crippen LogP contribution in [0.1, 0.15) is 25.5 Å². The van der Waals surface area contributed by atoms with Crippen molar-refractivity contribution in [1.29, 1.82) is 0 Å². The zero-order chi connectivity index (χ0) is 12.3. The second kappa shape index (κ2) is 5.31. The lowest BCUT2D eigenvalue weighted by Gasteiger charge is -2.39. The number of carbonyl (C=O) groups is 1. The van der Waals surface area contributed by atoms with Gasteiger partial charge in [-0.1, -0.05) is 12.1 Å². The van der Waals surface area contributed by atoms with Crippen LogP contribution in [0.15, 0.2) is 16.9 Å². The van der Waals surface area contributed by atoms with E-state index in [1.54, 1.807) is 6.07 Å². The molecule has 1 aromatic rings. The van der Waals surface area contributed by atoms with Gasteiger partial charge in [0.1, 0.15) is 6.26 Å². The molecule has 0 spiro atoms. The Morgan fingerprint density at radius 1 is 1.71 bits per heavy atom. The normalized spacial score (nSPS) is 24.9. The lowest BCUT2D eigenvalue weighted by atomic mass is 9.90. The van der Waals surface area contributed by atoms with E-state index in [1.165, 1.54) is 6.26 Å². The molecule has 2 rings (SSSR count). The molecule has 0 bridgehead atoms. The van der Waals surface area contributed by atoms with Gasteiger partial charge in [0.05, 0.1) is 12.1 Å². The van der Waals surface area contributed by atoms with E-state index < -0.39 is 0 Å². The van der Waals surface area contributed by atoms with E-state index in [2.05, 4.69) is 12.1 Å². The Balaban J connectivity index is 2.02. The molecule has 5 nitrogen and oxygen atoms in total. The predicted octanol–water partition coefficient (Wildman–Crippen LogP) is 0.803. The fourth-order valence-electron chi connectivity index (χ4n) is 2.50. The number of nitrogens with zero attached hydrogens (tertiary/aromatic N) is 2. The van der Waals surface area contributed by atoms with Crippen LogP contribution in [0.4, 0.5) is 0 Å². The Labute approximate surface area is 101 Å². The van der Waals surface area contributed by atoms with Crippen LogP contribution in [0, 0.1) is 5.92 Å². The van der Waals surface area contributed by atoms with Gasteiger partial charge >= 0.3 is 0 Å². The fourth-order valence-corrected chi connectivity index (χ4v) is 2.50. The summed E-state index contributed by atoms with van der Waals surface area (Å²) in [4.78, 5) is 14.1. The molecule has 0 aromatic carbocycles. The molecule has 0 saturated carbocycles. The van der Waals surface area contributed by atoms with Crippen molar-refractivity contribution in [3.8, 4) is 0 Å². The molecule has 17 heavy (non-hydrogen) atoms. The van der Waals surface area contributed by atoms with Crippen molar-refractivity contribution < 1.29 is 9.32 Å². The van der Waals surface area contributed by atoms with Gasteiger partial charge in [0.2, 0.25) is 5.91 Å². The summed E-state index contributed by atoms with van der Waals surface area (Å²) in [5, 5.41) is 3.77. The number of hydrogen-bond donors (Lipinski definition) is 1. The first-order chi connectivity index (χ1) is 8.22. The summed E-state index contributed by atoms with van der Waals surface area (Å²) in [7, 11) is 0. The highest BCUT2D eigenvalue weighted by Crippen LogP contribution is 2.23. The zero-order valence-electron chi connectivity index (χ0n) is 10.1. The molecular weight excluding hydrogens is 218 g/mol. The van der Waals surface area contributed by atoms with Crippen LogP contribution in [0.2, 0.25) is 0 Å². The number of amides is 1. The molecule has 1 aliphatic rings. The van der Waals surface area contributed by atoms with Crippen LogP contribution >= 0.6 is 0 Å². The first-order valence-electron chi connectivity index (χ1n) is 6.11. The highest BCUT2D eigenvalue weighted by Gasteiger charge is 2.30. The van der Waals surface area contributed by atoms with Crippen molar-refractivity contribution in [3.63, 3.8) is 0 Å². The quantitative estimate of drug-likeness (QED) is 0.844. The zero-order valence-corrected chi connectivity index (χ0v) is 10.1. The fraction of sp³-hybridized carbons (Fsp3) is 0.667. The lowest BCUT2D eigenvalue weighted by molar-refractivity contribution is -0.135. The standard InChI is InChI=1S/C12H19N3O2/c1-9-3-2-5-15(11(9)8-13)12(16)7-10-4-6-17-14-10/h4,6,9,11H,2-3,5,7-8,13H2,1H3/t9-,11+/m0/s1. The largest absolute Gasteiger partial charge is 0.364 e. The second-order valence-electron chi connectivity index (χ2n) is 4.68. The minimum absolute atomic E-state index is 0.0981. The third-order valence-electron chi connectivity index (χ3n) is 3.50. The van der Waals surface area contributed by atoms with Gasteiger partial charge in [-0.05, 0) is 18.8 Å². The molecule has 94 valence electrons. The number of aromatic nitrogens is 1. The van der Waals surface area contributed by atoms with Crippen LogP contribution in [-0.2, 0) is 11.2 Å². The number of carbonyl (C=O) groups excluding carboxylic acids is 1. The van der Waals surface area contributed by atoms with Crippen LogP contribution in [0.25, 0.3) is 0 Å². The molecule has 5 heteroatoms. The van der Waals surface area contributed by atoms with E-state index in [-0.39, 0.29) is 11.9 Å². The topological polar surface area (TPSA) is 72.4 Å². The lowest BCUT2D eigenvalue weighted by Crippen LogP contribution is -2.51. The van der Waals surface area contributed by atoms with Crippen molar-refractivity contribution in [2.45, 2.75) is 32.2 Å². The van der Waals surface area contributed by atoms with E-state index in [0.29, 0.717) is 24.6 Å². The summed E-state index contributed by atoms with van der Waals surface area (Å²) >= 11 is 0. The van der Waals surface area contributed by atoms with Crippen LogP contribution in [0.3, 0.4) is 0 Å². The predicted molar refractivity (Wildman–Crippen MR) is 63.2 cm³/mol. The Morgan fingerprint density at radius 2 is 2.53 bits per heavy atom. The van der Waals surface area contributed by atoms with Crippen molar-refractivity contribution in [1.82, 2.24) is 10.1 Å². The Bertz CT molecular complexity index is 364. The molecule has 2 N–H and O–H groups in total. The Hall–Kier alpha value is -1.36. The van der Waals surface area contributed by atoms with E-state index in [1.807, 2.05) is 4.90 Å². The van der Waals surface area contributed by atoms with Gasteiger partial charge in [0.25, 0.3) is 0 Å². The van der Waals surface area contributed by atoms with Crippen molar-refractivity contribution in [2.75, 3.05) is 13.1 Å². The maximum Gasteiger partial charge on any atom is 0.229 e. The minimum atomic E-state index is 0.0981. The van der Waals surface area contributed by atoms with E-state index in [9.17, 15) is 4.79 Å². The summed E-state index contributed by atoms with van der Waals surface area (Å²) in [5.74, 6) is 0.580. The molecular formula is C12H19N3O2. The highest BCUT2D eigenvalue weighted by atomic mass is 16.5. The molecule has 1 aliphatic heterocycles. The van der Waals surface area contributed by atoms with Crippen LogP contribution in [0.5, 0.6) is 0 Å². The third kappa shape index (κ3) is 2.66. The molecule has 2 atom stereocenters. The molecule has 0 radical (unpaired) electrons. The smallest absolute Gasteiger partial charge is 0.229 e. The average molecular weight is 237 g/mol. The van der Waals surface area contributed by atoms with Gasteiger partial charge in [-0.25, -0.2) is 0 Å². The van der Waals surface area contributed by atoms with E-state index in [4.69, 9.17) is 10.3 Å². The van der Waals surface area contributed by atoms with Gasteiger partial charge in [-0.2, -0.15) is 0 Å². The molecule has 1 saturated heterocycles. The summed E-state index contributed by atoms with van der Waals surface area (Å²) in [6, 6.07) is 1.89. The molecule has 0 unspecified atom stereocenters. The maximum atomic E-state index is 12.2. The Kier molecular flexibility index (Phi) is 3.78. The van der Waals surface area contributed by atoms with Gasteiger partial charge in [-0.15, -0.1) is 0 Å². The third-order valence-corrected chi connectivity index (χ3v) is 3.50. The molecule has 1 amide bonds. The summed E-state index contributed by atoms with van der Waals surface area (Å²) in [6.07, 6.45) is 4.00. The van der Waals surface area contributed by atoms with E-state index >= 15 is 0 Å². The molecule has 1 fully saturated rings. The van der Waals surface area contributed by atoms with Crippen molar-refractivity contribution in [3.05, 3.63) is 18.0 Å². The second-order valence-corrected chi connectivity index (χ2v) is 4.68. The van der Waals surface area contributed by atoms with Gasteiger partial charge in [-0.3, -0.25) is 4.79 Å². The first-order valence-corrected chi connectivity index (χ1v) is 6.11. The molecule has 0 aliphatic carbocycles. The van der Waals surface area contributed by atoms with Crippen molar-refractivity contribution >= 4 is 5.91 Å². The summed E-state index contributed by atoms with van der Waals surface area (Å²) in [6.45, 7) is 3.50.